The van der Waals surface area contributed by atoms with Crippen LogP contribution in [0.15, 0.2) is 59.1 Å². The van der Waals surface area contributed by atoms with Gasteiger partial charge in [0, 0.05) is 11.3 Å². The maximum atomic E-state index is 12.6. The fraction of sp³-hybridized carbons (Fsp3) is 0.118. The van der Waals surface area contributed by atoms with Gasteiger partial charge in [0.05, 0.1) is 23.7 Å². The third-order valence-corrected chi connectivity index (χ3v) is 4.03. The Kier molecular flexibility index (Phi) is 4.83. The van der Waals surface area contributed by atoms with E-state index in [1.54, 1.807) is 24.3 Å². The number of hydrogen-bond acceptors (Lipinski definition) is 5. The second-order valence-electron chi connectivity index (χ2n) is 5.68. The zero-order chi connectivity index (χ0) is 19.7. The molecule has 3 aromatic rings. The minimum Gasteiger partial charge on any atom is -0.423 e. The normalized spacial score (nSPS) is 12.0. The summed E-state index contributed by atoms with van der Waals surface area (Å²) in [6.45, 7) is 0. The first-order valence-corrected chi connectivity index (χ1v) is 9.48. The third kappa shape index (κ3) is 5.00. The second-order valence-corrected chi connectivity index (χ2v) is 7.43. The maximum Gasteiger partial charge on any atom is 0.416 e. The Morgan fingerprint density at radius 1 is 1.04 bits per heavy atom. The molecule has 3 rings (SSSR count). The van der Waals surface area contributed by atoms with Gasteiger partial charge < -0.3 is 9.73 Å². The molecule has 0 saturated carbocycles. The molecule has 0 fully saturated rings. The van der Waals surface area contributed by atoms with Gasteiger partial charge in [-0.3, -0.25) is 4.72 Å². The lowest BCUT2D eigenvalue weighted by molar-refractivity contribution is -0.137. The maximum absolute atomic E-state index is 12.6. The van der Waals surface area contributed by atoms with Gasteiger partial charge in [-0.2, -0.15) is 13.2 Å². The van der Waals surface area contributed by atoms with Gasteiger partial charge >= 0.3 is 6.18 Å². The first kappa shape index (κ1) is 18.8. The number of alkyl halides is 3. The highest BCUT2D eigenvalue weighted by Gasteiger charge is 2.30. The van der Waals surface area contributed by atoms with Gasteiger partial charge in [0.1, 0.15) is 0 Å². The summed E-state index contributed by atoms with van der Waals surface area (Å²) in [5.74, 6) is 0.289. The molecule has 2 aromatic carbocycles. The van der Waals surface area contributed by atoms with Crippen LogP contribution in [0.3, 0.4) is 0 Å². The molecule has 0 radical (unpaired) electrons. The van der Waals surface area contributed by atoms with Crippen LogP contribution in [0.4, 0.5) is 30.6 Å². The van der Waals surface area contributed by atoms with E-state index in [9.17, 15) is 21.6 Å². The predicted octanol–water partition coefficient (Wildman–Crippen LogP) is 4.48. The van der Waals surface area contributed by atoms with E-state index < -0.39 is 21.8 Å². The quantitative estimate of drug-likeness (QED) is 0.663. The highest BCUT2D eigenvalue weighted by atomic mass is 32.2. The fourth-order valence-corrected chi connectivity index (χ4v) is 2.84. The number of anilines is 3. The predicted molar refractivity (Wildman–Crippen MR) is 95.1 cm³/mol. The number of benzene rings is 2. The highest BCUT2D eigenvalue weighted by molar-refractivity contribution is 7.92. The molecule has 0 amide bonds. The molecule has 0 bridgehead atoms. The smallest absolute Gasteiger partial charge is 0.416 e. The molecule has 0 saturated heterocycles. The van der Waals surface area contributed by atoms with Gasteiger partial charge in [-0.05, 0) is 30.3 Å². The van der Waals surface area contributed by atoms with E-state index in [2.05, 4.69) is 15.0 Å². The number of aromatic nitrogens is 1. The molecule has 0 aliphatic heterocycles. The van der Waals surface area contributed by atoms with E-state index in [0.717, 1.165) is 18.4 Å². The van der Waals surface area contributed by atoms with Crippen LogP contribution in [0.1, 0.15) is 5.56 Å². The summed E-state index contributed by atoms with van der Waals surface area (Å²) in [5, 5.41) is 2.86. The highest BCUT2D eigenvalue weighted by Crippen LogP contribution is 2.31. The molecule has 2 N–H and O–H groups in total. The topological polar surface area (TPSA) is 84.2 Å². The van der Waals surface area contributed by atoms with Crippen LogP contribution in [-0.4, -0.2) is 19.7 Å². The number of nitrogens with one attached hydrogen (secondary N) is 2. The zero-order valence-corrected chi connectivity index (χ0v) is 14.7. The number of nitrogens with zero attached hydrogens (tertiary/aromatic N) is 1. The largest absolute Gasteiger partial charge is 0.423 e. The molecule has 6 nitrogen and oxygen atoms in total. The summed E-state index contributed by atoms with van der Waals surface area (Å²) in [7, 11) is -3.41. The first-order valence-electron chi connectivity index (χ1n) is 7.58. The van der Waals surface area contributed by atoms with E-state index in [4.69, 9.17) is 4.42 Å². The molecule has 142 valence electrons. The number of sulfonamides is 1. The van der Waals surface area contributed by atoms with Crippen LogP contribution in [0, 0.1) is 0 Å². The van der Waals surface area contributed by atoms with E-state index in [1.807, 2.05) is 0 Å². The second kappa shape index (κ2) is 6.95. The first-order chi connectivity index (χ1) is 12.6. The van der Waals surface area contributed by atoms with Crippen LogP contribution in [0.2, 0.25) is 0 Å². The van der Waals surface area contributed by atoms with E-state index in [-0.39, 0.29) is 11.8 Å². The van der Waals surface area contributed by atoms with Crippen molar-refractivity contribution in [3.8, 4) is 11.3 Å². The fourth-order valence-electron chi connectivity index (χ4n) is 2.29. The van der Waals surface area contributed by atoms with Gasteiger partial charge in [-0.25, -0.2) is 13.4 Å². The molecular formula is C17H14F3N3O3S. The van der Waals surface area contributed by atoms with Crippen LogP contribution in [-0.2, 0) is 16.2 Å². The summed E-state index contributed by atoms with van der Waals surface area (Å²) < 4.78 is 68.3. The molecule has 0 atom stereocenters. The molecule has 0 aliphatic carbocycles. The van der Waals surface area contributed by atoms with Gasteiger partial charge in [0.2, 0.25) is 10.0 Å². The van der Waals surface area contributed by atoms with Crippen LogP contribution >= 0.6 is 0 Å². The van der Waals surface area contributed by atoms with Crippen molar-refractivity contribution in [3.63, 3.8) is 0 Å². The molecule has 1 aromatic heterocycles. The van der Waals surface area contributed by atoms with Crippen molar-refractivity contribution in [1.82, 2.24) is 4.98 Å². The molecule has 1 heterocycles. The van der Waals surface area contributed by atoms with Crippen molar-refractivity contribution in [2.75, 3.05) is 16.3 Å². The van der Waals surface area contributed by atoms with Crippen molar-refractivity contribution in [2.45, 2.75) is 6.18 Å². The minimum atomic E-state index is -4.41. The Labute approximate surface area is 153 Å². The molecule has 0 unspecified atom stereocenters. The summed E-state index contributed by atoms with van der Waals surface area (Å²) in [6, 6.07) is 11.1. The number of hydrogen-bond donors (Lipinski definition) is 2. The number of halogens is 3. The summed E-state index contributed by atoms with van der Waals surface area (Å²) in [4.78, 5) is 4.02. The molecule has 0 aliphatic rings. The van der Waals surface area contributed by atoms with Crippen LogP contribution < -0.4 is 10.0 Å². The van der Waals surface area contributed by atoms with E-state index in [0.29, 0.717) is 16.9 Å². The van der Waals surface area contributed by atoms with Crippen molar-refractivity contribution in [3.05, 3.63) is 60.3 Å². The molecule has 27 heavy (non-hydrogen) atoms. The average molecular weight is 397 g/mol. The lowest BCUT2D eigenvalue weighted by Crippen LogP contribution is -2.09. The monoisotopic (exact) mass is 397 g/mol. The minimum absolute atomic E-state index is 0.112. The van der Waals surface area contributed by atoms with Crippen molar-refractivity contribution in [2.24, 2.45) is 0 Å². The summed E-state index contributed by atoms with van der Waals surface area (Å²) >= 11 is 0. The van der Waals surface area contributed by atoms with Crippen molar-refractivity contribution < 1.29 is 26.0 Å². The Hall–Kier alpha value is -3.01. The lowest BCUT2D eigenvalue weighted by atomic mass is 10.1. The van der Waals surface area contributed by atoms with Crippen molar-refractivity contribution >= 4 is 27.4 Å². The van der Waals surface area contributed by atoms with E-state index in [1.165, 1.54) is 18.3 Å². The summed E-state index contributed by atoms with van der Waals surface area (Å²) in [6.07, 6.45) is -1.99. The SMILES string of the molecule is CS(=O)(=O)Nc1cccc(Nc2ncc(-c3ccc(C(F)(F)F)cc3)o2)c1. The Bertz CT molecular complexity index is 1050. The molecule has 10 heteroatoms. The average Bonchev–Trinajstić information content (AvgIpc) is 3.01. The van der Waals surface area contributed by atoms with Gasteiger partial charge in [-0.1, -0.05) is 18.2 Å². The Morgan fingerprint density at radius 2 is 1.70 bits per heavy atom. The Morgan fingerprint density at radius 3 is 2.33 bits per heavy atom. The number of oxazole rings is 1. The van der Waals surface area contributed by atoms with Gasteiger partial charge in [0.15, 0.2) is 5.76 Å². The van der Waals surface area contributed by atoms with Crippen LogP contribution in [0.25, 0.3) is 11.3 Å². The lowest BCUT2D eigenvalue weighted by Gasteiger charge is -2.07. The Balaban J connectivity index is 1.76. The zero-order valence-electron chi connectivity index (χ0n) is 13.9. The van der Waals surface area contributed by atoms with Gasteiger partial charge in [0.25, 0.3) is 6.01 Å². The summed E-state index contributed by atoms with van der Waals surface area (Å²) in [5.41, 5.74) is 0.567. The van der Waals surface area contributed by atoms with Crippen LogP contribution in [0.5, 0.6) is 0 Å². The van der Waals surface area contributed by atoms with Crippen molar-refractivity contribution in [1.29, 1.82) is 0 Å². The van der Waals surface area contributed by atoms with Gasteiger partial charge in [-0.15, -0.1) is 0 Å². The third-order valence-electron chi connectivity index (χ3n) is 3.42. The standard InChI is InChI=1S/C17H14F3N3O3S/c1-27(24,25)23-14-4-2-3-13(9-14)22-16-21-10-15(26-16)11-5-7-12(8-6-11)17(18,19)20/h2-10,23H,1H3,(H,21,22). The molecular weight excluding hydrogens is 383 g/mol. The molecule has 0 spiro atoms. The van der Waals surface area contributed by atoms with E-state index >= 15 is 0 Å². The number of rotatable bonds is 5.